The summed E-state index contributed by atoms with van der Waals surface area (Å²) in [5.41, 5.74) is 5.46. The van der Waals surface area contributed by atoms with Crippen LogP contribution in [0.15, 0.2) is 36.4 Å². The molecule has 0 heterocycles. The Morgan fingerprint density at radius 2 is 1.91 bits per heavy atom. The molecule has 2 aliphatic rings. The second-order valence-corrected chi connectivity index (χ2v) is 6.30. The second-order valence-electron chi connectivity index (χ2n) is 6.30. The summed E-state index contributed by atoms with van der Waals surface area (Å²) >= 11 is 0. The van der Waals surface area contributed by atoms with Crippen molar-refractivity contribution >= 4 is 17.9 Å². The fourth-order valence-electron chi connectivity index (χ4n) is 3.84. The minimum Gasteiger partial charge on any atom is -0.299 e. The van der Waals surface area contributed by atoms with Crippen LogP contribution in [-0.2, 0) is 17.6 Å². The van der Waals surface area contributed by atoms with Crippen LogP contribution >= 0.6 is 0 Å². The Labute approximate surface area is 131 Å². The van der Waals surface area contributed by atoms with Gasteiger partial charge in [0.1, 0.15) is 5.78 Å². The number of benzene rings is 2. The maximum absolute atomic E-state index is 12.1. The van der Waals surface area contributed by atoms with Crippen LogP contribution in [0.3, 0.4) is 0 Å². The maximum Gasteiger partial charge on any atom is 0.139 e. The van der Waals surface area contributed by atoms with Crippen molar-refractivity contribution in [3.8, 4) is 11.1 Å². The van der Waals surface area contributed by atoms with E-state index in [0.29, 0.717) is 12.2 Å². The van der Waals surface area contributed by atoms with E-state index < -0.39 is 0 Å². The number of ketones is 1. The van der Waals surface area contributed by atoms with E-state index in [1.54, 1.807) is 0 Å². The molecule has 110 valence electrons. The average molecular weight is 288 g/mol. The van der Waals surface area contributed by atoms with Gasteiger partial charge >= 0.3 is 0 Å². The highest BCUT2D eigenvalue weighted by molar-refractivity contribution is 5.86. The lowest BCUT2D eigenvalue weighted by molar-refractivity contribution is -0.120. The molecule has 0 saturated heterocycles. The molecule has 0 aliphatic heterocycles. The Kier molecular flexibility index (Phi) is 3.22. The van der Waals surface area contributed by atoms with Gasteiger partial charge in [-0.25, -0.2) is 0 Å². The third-order valence-corrected chi connectivity index (χ3v) is 5.07. The quantitative estimate of drug-likeness (QED) is 0.830. The number of hydrogen-bond donors (Lipinski definition) is 0. The van der Waals surface area contributed by atoms with Crippen molar-refractivity contribution in [3.05, 3.63) is 58.0 Å². The second kappa shape index (κ2) is 5.24. The van der Waals surface area contributed by atoms with Crippen molar-refractivity contribution in [3.63, 3.8) is 0 Å². The summed E-state index contributed by atoms with van der Waals surface area (Å²) in [7, 11) is 0. The fourth-order valence-corrected chi connectivity index (χ4v) is 3.84. The summed E-state index contributed by atoms with van der Waals surface area (Å²) < 4.78 is 0. The van der Waals surface area contributed by atoms with Crippen molar-refractivity contribution in [2.45, 2.75) is 32.6 Å². The number of Topliss-reactive ketones (excluding diaryl/α,β-unsaturated/α-hetero) is 1. The van der Waals surface area contributed by atoms with E-state index >= 15 is 0 Å². The first kappa shape index (κ1) is 13.5. The first-order valence-electron chi connectivity index (χ1n) is 8.23. The molecule has 0 radical (unpaired) electrons. The van der Waals surface area contributed by atoms with Crippen molar-refractivity contribution in [1.29, 1.82) is 0 Å². The Morgan fingerprint density at radius 1 is 1.05 bits per heavy atom. The highest BCUT2D eigenvalue weighted by Crippen LogP contribution is 2.25. The molecule has 0 bridgehead atoms. The highest BCUT2D eigenvalue weighted by atomic mass is 16.1. The zero-order chi connectivity index (χ0) is 15.1. The summed E-state index contributed by atoms with van der Waals surface area (Å²) in [6.07, 6.45) is 8.18. The van der Waals surface area contributed by atoms with E-state index in [1.807, 2.05) is 6.92 Å². The molecule has 4 rings (SSSR count). The zero-order valence-corrected chi connectivity index (χ0v) is 12.9. The smallest absolute Gasteiger partial charge is 0.139 e. The molecule has 0 saturated carbocycles. The molecule has 2 aromatic carbocycles. The lowest BCUT2D eigenvalue weighted by Crippen LogP contribution is -2.36. The molecule has 0 N–H and O–H groups in total. The first-order chi connectivity index (χ1) is 10.8. The normalized spacial score (nSPS) is 18.3. The third-order valence-electron chi connectivity index (χ3n) is 5.07. The summed E-state index contributed by atoms with van der Waals surface area (Å²) in [6, 6.07) is 13.2. The predicted octanol–water partition coefficient (Wildman–Crippen LogP) is 3.01. The lowest BCUT2D eigenvalue weighted by Gasteiger charge is -2.21. The summed E-state index contributed by atoms with van der Waals surface area (Å²) in [6.45, 7) is 1.97. The Hall–Kier alpha value is -2.15. The monoisotopic (exact) mass is 288 g/mol. The van der Waals surface area contributed by atoms with E-state index in [9.17, 15) is 4.79 Å². The largest absolute Gasteiger partial charge is 0.299 e. The zero-order valence-electron chi connectivity index (χ0n) is 12.9. The topological polar surface area (TPSA) is 17.1 Å². The van der Waals surface area contributed by atoms with E-state index in [2.05, 4.69) is 48.6 Å². The van der Waals surface area contributed by atoms with Crippen LogP contribution < -0.4 is 10.4 Å². The molecule has 22 heavy (non-hydrogen) atoms. The molecule has 2 aromatic rings. The van der Waals surface area contributed by atoms with Crippen LogP contribution in [0.25, 0.3) is 23.3 Å². The molecule has 1 atom stereocenters. The Balaban J connectivity index is 1.95. The van der Waals surface area contributed by atoms with Crippen LogP contribution in [0, 0.1) is 5.92 Å². The van der Waals surface area contributed by atoms with Crippen LogP contribution in [-0.4, -0.2) is 5.78 Å². The average Bonchev–Trinajstić information content (AvgIpc) is 2.60. The van der Waals surface area contributed by atoms with Crippen molar-refractivity contribution in [2.75, 3.05) is 0 Å². The molecule has 1 heteroatoms. The summed E-state index contributed by atoms with van der Waals surface area (Å²) in [4.78, 5) is 12.1. The molecule has 0 amide bonds. The van der Waals surface area contributed by atoms with Gasteiger partial charge in [0.05, 0.1) is 0 Å². The van der Waals surface area contributed by atoms with Gasteiger partial charge in [0.2, 0.25) is 0 Å². The minimum absolute atomic E-state index is 0.106. The molecule has 2 aliphatic carbocycles. The number of carbonyl (C=O) groups is 1. The predicted molar refractivity (Wildman–Crippen MR) is 90.9 cm³/mol. The Morgan fingerprint density at radius 3 is 2.77 bits per heavy atom. The van der Waals surface area contributed by atoms with Gasteiger partial charge in [-0.3, -0.25) is 4.79 Å². The van der Waals surface area contributed by atoms with E-state index in [0.717, 1.165) is 19.3 Å². The van der Waals surface area contributed by atoms with Gasteiger partial charge in [-0.15, -0.1) is 0 Å². The standard InChI is InChI=1S/C21H20O/c1-2-21(22)16-8-7-15-10-11-18-17-6-4-3-5-14(17)9-12-19(18)20(15)13-16/h3-6,10-13,16H,2,7-9H2,1H3. The van der Waals surface area contributed by atoms with Crippen molar-refractivity contribution in [2.24, 2.45) is 5.92 Å². The van der Waals surface area contributed by atoms with E-state index in [1.165, 1.54) is 32.7 Å². The maximum atomic E-state index is 12.1. The number of carbonyl (C=O) groups excluding carboxylic acids is 1. The molecule has 1 nitrogen and oxygen atoms in total. The van der Waals surface area contributed by atoms with Crippen LogP contribution in [0.4, 0.5) is 0 Å². The highest BCUT2D eigenvalue weighted by Gasteiger charge is 2.20. The van der Waals surface area contributed by atoms with Crippen LogP contribution in [0.1, 0.15) is 30.9 Å². The molecule has 0 fully saturated rings. The number of rotatable bonds is 2. The molecule has 0 spiro atoms. The summed E-state index contributed by atoms with van der Waals surface area (Å²) in [5, 5.41) is 2.65. The van der Waals surface area contributed by atoms with Crippen LogP contribution in [0.2, 0.25) is 0 Å². The molecular formula is C21H20O. The van der Waals surface area contributed by atoms with Crippen molar-refractivity contribution in [1.82, 2.24) is 0 Å². The number of hydrogen-bond acceptors (Lipinski definition) is 1. The lowest BCUT2D eigenvalue weighted by atomic mass is 9.83. The van der Waals surface area contributed by atoms with Gasteiger partial charge in [-0.05, 0) is 52.0 Å². The summed E-state index contributed by atoms with van der Waals surface area (Å²) in [5.74, 6) is 0.481. The van der Waals surface area contributed by atoms with Gasteiger partial charge < -0.3 is 0 Å². The SMILES string of the molecule is CCC(=O)C1C=c2c(ccc3c2=CCc2ccccc2-3)CC1. The van der Waals surface area contributed by atoms with Crippen molar-refractivity contribution < 1.29 is 4.79 Å². The third kappa shape index (κ3) is 2.04. The van der Waals surface area contributed by atoms with Gasteiger partial charge in [0.15, 0.2) is 0 Å². The molecule has 1 unspecified atom stereocenters. The van der Waals surface area contributed by atoms with E-state index in [-0.39, 0.29) is 5.92 Å². The number of aryl methyl sites for hydroxylation is 1. The number of fused-ring (bicyclic) bond motifs is 5. The minimum atomic E-state index is 0.106. The van der Waals surface area contributed by atoms with Gasteiger partial charge in [-0.1, -0.05) is 55.5 Å². The van der Waals surface area contributed by atoms with Gasteiger partial charge in [-0.2, -0.15) is 0 Å². The first-order valence-corrected chi connectivity index (χ1v) is 8.23. The molecule has 0 aromatic heterocycles. The Bertz CT molecular complexity index is 873. The molecular weight excluding hydrogens is 268 g/mol. The fraction of sp³-hybridized carbons (Fsp3) is 0.286. The van der Waals surface area contributed by atoms with Gasteiger partial charge in [0.25, 0.3) is 0 Å². The van der Waals surface area contributed by atoms with E-state index in [4.69, 9.17) is 0 Å². The van der Waals surface area contributed by atoms with Gasteiger partial charge in [0, 0.05) is 12.3 Å². The van der Waals surface area contributed by atoms with Crippen LogP contribution in [0.5, 0.6) is 0 Å².